The summed E-state index contributed by atoms with van der Waals surface area (Å²) in [7, 11) is -7.21. The molecule has 0 bridgehead atoms. The summed E-state index contributed by atoms with van der Waals surface area (Å²) in [5.41, 5.74) is 2.00. The van der Waals surface area contributed by atoms with Crippen LogP contribution in [0.3, 0.4) is 0 Å². The highest BCUT2D eigenvalue weighted by molar-refractivity contribution is 7.92. The average molecular weight is 384 g/mol. The van der Waals surface area contributed by atoms with Gasteiger partial charge in [0.2, 0.25) is 20.0 Å². The Hall–Kier alpha value is -1.91. The molecule has 1 unspecified atom stereocenters. The van der Waals surface area contributed by atoms with E-state index >= 15 is 0 Å². The molecule has 1 aromatic heterocycles. The van der Waals surface area contributed by atoms with Crippen LogP contribution in [0, 0.1) is 13.8 Å². The minimum absolute atomic E-state index is 0.135. The summed E-state index contributed by atoms with van der Waals surface area (Å²) in [5.74, 6) is 0. The fraction of sp³-hybridized carbons (Fsp3) is 0.400. The van der Waals surface area contributed by atoms with Crippen LogP contribution in [0.1, 0.15) is 29.4 Å². The molecule has 1 atom stereocenters. The topological polar surface area (TPSA) is 112 Å². The van der Waals surface area contributed by atoms with E-state index in [-0.39, 0.29) is 11.4 Å². The quantitative estimate of drug-likeness (QED) is 0.823. The number of sulfonamides is 2. The van der Waals surface area contributed by atoms with Gasteiger partial charge >= 0.3 is 0 Å². The Kier molecular flexibility index (Phi) is 4.38. The predicted molar refractivity (Wildman–Crippen MR) is 94.4 cm³/mol. The number of benzene rings is 1. The first-order chi connectivity index (χ1) is 11.6. The van der Waals surface area contributed by atoms with Crippen LogP contribution in [0.2, 0.25) is 0 Å². The average Bonchev–Trinajstić information content (AvgIpc) is 2.85. The molecule has 0 radical (unpaired) electrons. The number of anilines is 1. The van der Waals surface area contributed by atoms with Crippen LogP contribution in [-0.4, -0.2) is 39.8 Å². The summed E-state index contributed by atoms with van der Waals surface area (Å²) < 4.78 is 53.6. The molecule has 2 aromatic rings. The van der Waals surface area contributed by atoms with E-state index in [4.69, 9.17) is 0 Å². The predicted octanol–water partition coefficient (Wildman–Crippen LogP) is 1.22. The third kappa shape index (κ3) is 3.29. The smallest absolute Gasteiger partial charge is 0.244 e. The molecule has 1 aliphatic heterocycles. The van der Waals surface area contributed by atoms with E-state index in [9.17, 15) is 16.8 Å². The van der Waals surface area contributed by atoms with E-state index in [2.05, 4.69) is 14.9 Å². The molecule has 0 fully saturated rings. The van der Waals surface area contributed by atoms with Gasteiger partial charge in [-0.3, -0.25) is 9.40 Å². The number of aromatic nitrogens is 2. The fourth-order valence-electron chi connectivity index (χ4n) is 3.18. The van der Waals surface area contributed by atoms with Crippen molar-refractivity contribution in [3.8, 4) is 0 Å². The highest BCUT2D eigenvalue weighted by Crippen LogP contribution is 2.36. The monoisotopic (exact) mass is 384 g/mol. The van der Waals surface area contributed by atoms with E-state index in [1.54, 1.807) is 38.1 Å². The van der Waals surface area contributed by atoms with Crippen LogP contribution < -0.4 is 9.03 Å². The maximum Gasteiger partial charge on any atom is 0.244 e. The van der Waals surface area contributed by atoms with Gasteiger partial charge in [-0.25, -0.2) is 21.6 Å². The molecule has 136 valence electrons. The second kappa shape index (κ2) is 6.11. The summed E-state index contributed by atoms with van der Waals surface area (Å²) in [6.07, 6.45) is 1.49. The van der Waals surface area contributed by atoms with Crippen molar-refractivity contribution in [1.29, 1.82) is 0 Å². The van der Waals surface area contributed by atoms with Gasteiger partial charge in [0.25, 0.3) is 0 Å². The zero-order chi connectivity index (χ0) is 18.4. The standard InChI is InChI=1S/C15H20N4O4S2/c1-10-15(11(2)17-16-10)25(22,23)18-13-8-9-19(24(3,20)21)14-7-5-4-6-12(13)14/h4-7,13,18H,8-9H2,1-3H3,(H,16,17). The van der Waals surface area contributed by atoms with Crippen molar-refractivity contribution in [1.82, 2.24) is 14.9 Å². The Labute approximate surface area is 147 Å². The van der Waals surface area contributed by atoms with Crippen molar-refractivity contribution >= 4 is 25.7 Å². The Bertz CT molecular complexity index is 992. The Morgan fingerprint density at radius 2 is 1.88 bits per heavy atom. The molecular formula is C15H20N4O4S2. The largest absolute Gasteiger partial charge is 0.281 e. The van der Waals surface area contributed by atoms with Gasteiger partial charge in [-0.1, -0.05) is 18.2 Å². The molecule has 0 spiro atoms. The van der Waals surface area contributed by atoms with Crippen LogP contribution in [0.4, 0.5) is 5.69 Å². The number of nitrogens with one attached hydrogen (secondary N) is 2. The van der Waals surface area contributed by atoms with Gasteiger partial charge in [0.05, 0.1) is 29.4 Å². The van der Waals surface area contributed by atoms with Crippen molar-refractivity contribution in [3.05, 3.63) is 41.2 Å². The van der Waals surface area contributed by atoms with Crippen molar-refractivity contribution in [3.63, 3.8) is 0 Å². The summed E-state index contributed by atoms with van der Waals surface area (Å²) in [6, 6.07) is 6.42. The SMILES string of the molecule is Cc1n[nH]c(C)c1S(=O)(=O)NC1CCN(S(C)(=O)=O)c2ccccc21. The van der Waals surface area contributed by atoms with Crippen LogP contribution in [-0.2, 0) is 20.0 Å². The molecule has 1 aromatic carbocycles. The van der Waals surface area contributed by atoms with Crippen molar-refractivity contribution in [2.45, 2.75) is 31.2 Å². The minimum atomic E-state index is -3.79. The Morgan fingerprint density at radius 1 is 1.20 bits per heavy atom. The summed E-state index contributed by atoms with van der Waals surface area (Å²) in [6.45, 7) is 3.49. The first-order valence-corrected chi connectivity index (χ1v) is 11.0. The van der Waals surface area contributed by atoms with Gasteiger partial charge in [-0.15, -0.1) is 0 Å². The normalized spacial score (nSPS) is 18.2. The maximum absolute atomic E-state index is 12.8. The summed E-state index contributed by atoms with van der Waals surface area (Å²) >= 11 is 0. The first kappa shape index (κ1) is 17.9. The number of hydrogen-bond donors (Lipinski definition) is 2. The minimum Gasteiger partial charge on any atom is -0.281 e. The lowest BCUT2D eigenvalue weighted by Gasteiger charge is -2.34. The van der Waals surface area contributed by atoms with E-state index in [1.807, 2.05) is 0 Å². The van der Waals surface area contributed by atoms with Crippen molar-refractivity contribution in [2.24, 2.45) is 0 Å². The molecule has 25 heavy (non-hydrogen) atoms. The Balaban J connectivity index is 2.00. The molecule has 0 amide bonds. The van der Waals surface area contributed by atoms with Gasteiger partial charge in [0.15, 0.2) is 0 Å². The van der Waals surface area contributed by atoms with Gasteiger partial charge in [-0.2, -0.15) is 5.10 Å². The highest BCUT2D eigenvalue weighted by atomic mass is 32.2. The van der Waals surface area contributed by atoms with Gasteiger partial charge in [0.1, 0.15) is 4.90 Å². The van der Waals surface area contributed by atoms with Crippen LogP contribution in [0.15, 0.2) is 29.2 Å². The molecule has 3 rings (SSSR count). The maximum atomic E-state index is 12.8. The first-order valence-electron chi connectivity index (χ1n) is 7.72. The molecule has 1 aliphatic rings. The number of nitrogens with zero attached hydrogens (tertiary/aromatic N) is 2. The van der Waals surface area contributed by atoms with Crippen LogP contribution in [0.25, 0.3) is 0 Å². The zero-order valence-electron chi connectivity index (χ0n) is 14.1. The fourth-order valence-corrected chi connectivity index (χ4v) is 5.76. The molecule has 0 saturated carbocycles. The molecule has 0 saturated heterocycles. The molecule has 8 nitrogen and oxygen atoms in total. The van der Waals surface area contributed by atoms with Gasteiger partial charge < -0.3 is 0 Å². The molecular weight excluding hydrogens is 364 g/mol. The number of hydrogen-bond acceptors (Lipinski definition) is 5. The van der Waals surface area contributed by atoms with Crippen LogP contribution in [0.5, 0.6) is 0 Å². The number of fused-ring (bicyclic) bond motifs is 1. The van der Waals surface area contributed by atoms with Crippen LogP contribution >= 0.6 is 0 Å². The second-order valence-corrected chi connectivity index (χ2v) is 9.68. The number of H-pyrrole nitrogens is 1. The zero-order valence-corrected chi connectivity index (χ0v) is 15.8. The third-order valence-electron chi connectivity index (χ3n) is 4.23. The number of aryl methyl sites for hydroxylation is 2. The lowest BCUT2D eigenvalue weighted by atomic mass is 9.99. The van der Waals surface area contributed by atoms with Crippen molar-refractivity contribution in [2.75, 3.05) is 17.1 Å². The summed E-state index contributed by atoms with van der Waals surface area (Å²) in [5, 5.41) is 6.60. The van der Waals surface area contributed by atoms with E-state index in [1.165, 1.54) is 4.31 Å². The van der Waals surface area contributed by atoms with E-state index in [0.717, 1.165) is 6.26 Å². The van der Waals surface area contributed by atoms with Gasteiger partial charge in [0, 0.05) is 6.54 Å². The lowest BCUT2D eigenvalue weighted by Crippen LogP contribution is -2.40. The number of rotatable bonds is 4. The number of para-hydroxylation sites is 1. The lowest BCUT2D eigenvalue weighted by molar-refractivity contribution is 0.530. The second-order valence-electron chi connectivity index (χ2n) is 6.12. The molecule has 2 N–H and O–H groups in total. The van der Waals surface area contributed by atoms with Crippen molar-refractivity contribution < 1.29 is 16.8 Å². The van der Waals surface area contributed by atoms with Gasteiger partial charge in [-0.05, 0) is 31.9 Å². The molecule has 0 aliphatic carbocycles. The third-order valence-corrected chi connectivity index (χ3v) is 7.14. The summed E-state index contributed by atoms with van der Waals surface area (Å²) in [4.78, 5) is 0.135. The molecule has 10 heteroatoms. The van der Waals surface area contributed by atoms with E-state index in [0.29, 0.717) is 29.1 Å². The number of aromatic amines is 1. The highest BCUT2D eigenvalue weighted by Gasteiger charge is 2.33. The Morgan fingerprint density at radius 3 is 2.48 bits per heavy atom. The molecule has 2 heterocycles. The van der Waals surface area contributed by atoms with E-state index < -0.39 is 26.1 Å².